The molecule has 0 fully saturated rings. The summed E-state index contributed by atoms with van der Waals surface area (Å²) in [4.78, 5) is 12.6. The zero-order valence-corrected chi connectivity index (χ0v) is 16.2. The van der Waals surface area contributed by atoms with Crippen molar-refractivity contribution in [1.82, 2.24) is 0 Å². The molecule has 0 heterocycles. The number of sulfonamides is 1. The van der Waals surface area contributed by atoms with Crippen LogP contribution in [0.15, 0.2) is 42.5 Å². The molecule has 0 aliphatic carbocycles. The van der Waals surface area contributed by atoms with Gasteiger partial charge >= 0.3 is 0 Å². The van der Waals surface area contributed by atoms with E-state index in [2.05, 4.69) is 5.32 Å². The van der Waals surface area contributed by atoms with Gasteiger partial charge in [-0.05, 0) is 37.3 Å². The van der Waals surface area contributed by atoms with E-state index < -0.39 is 27.8 Å². The fraction of sp³-hybridized carbons (Fsp3) is 0.278. The van der Waals surface area contributed by atoms with E-state index in [-0.39, 0.29) is 5.69 Å². The average molecular weight is 396 g/mol. The maximum absolute atomic E-state index is 13.5. The maximum atomic E-state index is 13.5. The lowest BCUT2D eigenvalue weighted by atomic mass is 10.2. The minimum atomic E-state index is -3.83. The molecule has 7 nitrogen and oxygen atoms in total. The van der Waals surface area contributed by atoms with E-state index in [1.54, 1.807) is 18.2 Å². The fourth-order valence-electron chi connectivity index (χ4n) is 2.58. The zero-order chi connectivity index (χ0) is 20.2. The number of rotatable bonds is 7. The molecule has 1 unspecified atom stereocenters. The first-order valence-electron chi connectivity index (χ1n) is 7.95. The molecule has 27 heavy (non-hydrogen) atoms. The lowest BCUT2D eigenvalue weighted by molar-refractivity contribution is -0.116. The minimum Gasteiger partial charge on any atom is -0.493 e. The van der Waals surface area contributed by atoms with Gasteiger partial charge < -0.3 is 14.8 Å². The van der Waals surface area contributed by atoms with Crippen molar-refractivity contribution in [2.24, 2.45) is 0 Å². The standard InChI is InChI=1S/C18H21FN2O5S/c1-12(21(27(4,23)24)15-7-5-6-13(19)10-15)18(22)20-14-8-9-16(25-2)17(11-14)26-3/h5-12H,1-4H3,(H,20,22). The quantitative estimate of drug-likeness (QED) is 0.778. The van der Waals surface area contributed by atoms with Gasteiger partial charge in [0.15, 0.2) is 11.5 Å². The van der Waals surface area contributed by atoms with Crippen LogP contribution < -0.4 is 19.1 Å². The molecule has 1 amide bonds. The number of nitrogens with one attached hydrogen (secondary N) is 1. The van der Waals surface area contributed by atoms with Crippen molar-refractivity contribution in [2.45, 2.75) is 13.0 Å². The van der Waals surface area contributed by atoms with Crippen LogP contribution >= 0.6 is 0 Å². The van der Waals surface area contributed by atoms with Gasteiger partial charge in [0.25, 0.3) is 0 Å². The highest BCUT2D eigenvalue weighted by Gasteiger charge is 2.29. The van der Waals surface area contributed by atoms with E-state index in [4.69, 9.17) is 9.47 Å². The molecular formula is C18H21FN2O5S. The molecule has 2 rings (SSSR count). The van der Waals surface area contributed by atoms with E-state index >= 15 is 0 Å². The van der Waals surface area contributed by atoms with Gasteiger partial charge in [0.2, 0.25) is 15.9 Å². The summed E-state index contributed by atoms with van der Waals surface area (Å²) >= 11 is 0. The molecule has 0 aliphatic rings. The molecule has 0 spiro atoms. The van der Waals surface area contributed by atoms with Crippen molar-refractivity contribution in [1.29, 1.82) is 0 Å². The Kier molecular flexibility index (Phi) is 6.27. The smallest absolute Gasteiger partial charge is 0.247 e. The number of ether oxygens (including phenoxy) is 2. The van der Waals surface area contributed by atoms with E-state index in [1.165, 1.54) is 39.3 Å². The van der Waals surface area contributed by atoms with Gasteiger partial charge in [-0.15, -0.1) is 0 Å². The van der Waals surface area contributed by atoms with E-state index in [9.17, 15) is 17.6 Å². The molecule has 0 saturated heterocycles. The third-order valence-corrected chi connectivity index (χ3v) is 5.04. The van der Waals surface area contributed by atoms with Gasteiger partial charge in [0, 0.05) is 11.8 Å². The number of anilines is 2. The summed E-state index contributed by atoms with van der Waals surface area (Å²) in [5, 5.41) is 2.63. The number of halogens is 1. The third-order valence-electron chi connectivity index (χ3n) is 3.80. The predicted molar refractivity (Wildman–Crippen MR) is 101 cm³/mol. The summed E-state index contributed by atoms with van der Waals surface area (Å²) in [5.41, 5.74) is 0.463. The van der Waals surface area contributed by atoms with Crippen LogP contribution in [0.1, 0.15) is 6.92 Å². The molecule has 9 heteroatoms. The second-order valence-corrected chi connectivity index (χ2v) is 7.63. The Labute approximate surface area is 157 Å². The highest BCUT2D eigenvalue weighted by Crippen LogP contribution is 2.30. The van der Waals surface area contributed by atoms with Crippen LogP contribution in [0.2, 0.25) is 0 Å². The van der Waals surface area contributed by atoms with Gasteiger partial charge in [-0.1, -0.05) is 6.07 Å². The second-order valence-electron chi connectivity index (χ2n) is 5.77. The van der Waals surface area contributed by atoms with Crippen molar-refractivity contribution >= 4 is 27.3 Å². The molecule has 0 radical (unpaired) electrons. The number of methoxy groups -OCH3 is 2. The number of hydrogen-bond donors (Lipinski definition) is 1. The average Bonchev–Trinajstić information content (AvgIpc) is 2.60. The molecular weight excluding hydrogens is 375 g/mol. The molecule has 0 aromatic heterocycles. The molecule has 2 aromatic carbocycles. The summed E-state index contributed by atoms with van der Waals surface area (Å²) in [6.07, 6.45) is 0.956. The molecule has 2 aromatic rings. The van der Waals surface area contributed by atoms with Crippen LogP contribution in [0, 0.1) is 5.82 Å². The van der Waals surface area contributed by atoms with Crippen molar-refractivity contribution in [3.8, 4) is 11.5 Å². The highest BCUT2D eigenvalue weighted by atomic mass is 32.2. The number of carbonyl (C=O) groups is 1. The number of amides is 1. The largest absolute Gasteiger partial charge is 0.493 e. The monoisotopic (exact) mass is 396 g/mol. The Bertz CT molecular complexity index is 933. The van der Waals surface area contributed by atoms with E-state index in [0.29, 0.717) is 17.2 Å². The summed E-state index contributed by atoms with van der Waals surface area (Å²) in [6.45, 7) is 1.42. The number of benzene rings is 2. The highest BCUT2D eigenvalue weighted by molar-refractivity contribution is 7.92. The molecule has 0 saturated carbocycles. The Balaban J connectivity index is 2.30. The summed E-state index contributed by atoms with van der Waals surface area (Å²) in [7, 11) is -0.887. The first-order valence-corrected chi connectivity index (χ1v) is 9.80. The minimum absolute atomic E-state index is 0.0625. The topological polar surface area (TPSA) is 84.9 Å². The van der Waals surface area contributed by atoms with E-state index in [0.717, 1.165) is 16.6 Å². The van der Waals surface area contributed by atoms with Crippen LogP contribution in [0.3, 0.4) is 0 Å². The predicted octanol–water partition coefficient (Wildman–Crippen LogP) is 2.64. The lowest BCUT2D eigenvalue weighted by Gasteiger charge is -2.28. The first kappa shape index (κ1) is 20.5. The van der Waals surface area contributed by atoms with Gasteiger partial charge in [0.1, 0.15) is 11.9 Å². The number of hydrogen-bond acceptors (Lipinski definition) is 5. The summed E-state index contributed by atoms with van der Waals surface area (Å²) in [5.74, 6) is -0.292. The molecule has 0 aliphatic heterocycles. The van der Waals surface area contributed by atoms with Gasteiger partial charge in [-0.2, -0.15) is 0 Å². The van der Waals surface area contributed by atoms with Crippen LogP contribution in [0.25, 0.3) is 0 Å². The third kappa shape index (κ3) is 4.88. The van der Waals surface area contributed by atoms with Crippen LogP contribution in [0.4, 0.5) is 15.8 Å². The SMILES string of the molecule is COc1ccc(NC(=O)C(C)N(c2cccc(F)c2)S(C)(=O)=O)cc1OC. The molecule has 1 atom stereocenters. The van der Waals surface area contributed by atoms with Gasteiger partial charge in [-0.25, -0.2) is 12.8 Å². The molecule has 146 valence electrons. The fourth-order valence-corrected chi connectivity index (χ4v) is 3.75. The lowest BCUT2D eigenvalue weighted by Crippen LogP contribution is -2.45. The van der Waals surface area contributed by atoms with E-state index in [1.807, 2.05) is 0 Å². The van der Waals surface area contributed by atoms with Gasteiger partial charge in [0.05, 0.1) is 26.2 Å². The van der Waals surface area contributed by atoms with Crippen molar-refractivity contribution in [3.05, 3.63) is 48.3 Å². The molecule has 1 N–H and O–H groups in total. The van der Waals surface area contributed by atoms with Crippen LogP contribution in [-0.4, -0.2) is 40.8 Å². The summed E-state index contributed by atoms with van der Waals surface area (Å²) < 4.78 is 49.1. The van der Waals surface area contributed by atoms with Crippen LogP contribution in [-0.2, 0) is 14.8 Å². The zero-order valence-electron chi connectivity index (χ0n) is 15.4. The Morgan fingerprint density at radius 3 is 2.33 bits per heavy atom. The maximum Gasteiger partial charge on any atom is 0.247 e. The normalized spacial score (nSPS) is 12.2. The summed E-state index contributed by atoms with van der Waals surface area (Å²) in [6, 6.07) is 8.69. The second kappa shape index (κ2) is 8.26. The van der Waals surface area contributed by atoms with Crippen molar-refractivity contribution < 1.29 is 27.1 Å². The van der Waals surface area contributed by atoms with Crippen LogP contribution in [0.5, 0.6) is 11.5 Å². The first-order chi connectivity index (χ1) is 12.7. The Morgan fingerprint density at radius 2 is 1.78 bits per heavy atom. The van der Waals surface area contributed by atoms with Crippen molar-refractivity contribution in [3.63, 3.8) is 0 Å². The number of nitrogens with zero attached hydrogens (tertiary/aromatic N) is 1. The molecule has 0 bridgehead atoms. The van der Waals surface area contributed by atoms with Gasteiger partial charge in [-0.3, -0.25) is 9.10 Å². The van der Waals surface area contributed by atoms with Crippen molar-refractivity contribution in [2.75, 3.05) is 30.1 Å². The Morgan fingerprint density at radius 1 is 1.11 bits per heavy atom. The Hall–Kier alpha value is -2.81. The number of carbonyl (C=O) groups excluding carboxylic acids is 1.